The van der Waals surface area contributed by atoms with Gasteiger partial charge in [-0.2, -0.15) is 0 Å². The van der Waals surface area contributed by atoms with Crippen molar-refractivity contribution in [2.24, 2.45) is 5.92 Å². The summed E-state index contributed by atoms with van der Waals surface area (Å²) in [7, 11) is 0.692. The van der Waals surface area contributed by atoms with Crippen molar-refractivity contribution < 1.29 is 22.7 Å². The third-order valence-corrected chi connectivity index (χ3v) is 5.81. The lowest BCUT2D eigenvalue weighted by Gasteiger charge is -2.17. The molecule has 1 aromatic rings. The summed E-state index contributed by atoms with van der Waals surface area (Å²) in [5.74, 6) is -1.03. The van der Waals surface area contributed by atoms with Crippen LogP contribution in [0.2, 0.25) is 0 Å². The number of β-amino-alcohol motifs (C(OH)–C–C–N with tert-alkyl or cyclic N) is 1. The van der Waals surface area contributed by atoms with Crippen LogP contribution in [0.25, 0.3) is 0 Å². The Morgan fingerprint density at radius 1 is 1.40 bits per heavy atom. The minimum Gasteiger partial charge on any atom is -0.391 e. The van der Waals surface area contributed by atoms with Gasteiger partial charge >= 0.3 is 0 Å². The van der Waals surface area contributed by atoms with Crippen LogP contribution in [0.3, 0.4) is 0 Å². The number of aliphatic hydroxyl groups is 1. The average Bonchev–Trinajstić information content (AvgIpc) is 2.88. The van der Waals surface area contributed by atoms with Gasteiger partial charge in [-0.05, 0) is 24.7 Å². The van der Waals surface area contributed by atoms with E-state index in [1.807, 2.05) is 4.90 Å². The van der Waals surface area contributed by atoms with Gasteiger partial charge in [-0.25, -0.2) is 17.5 Å². The molecule has 0 unspecified atom stereocenters. The summed E-state index contributed by atoms with van der Waals surface area (Å²) in [5, 5.41) is 10.2. The van der Waals surface area contributed by atoms with Crippen molar-refractivity contribution in [1.29, 1.82) is 0 Å². The first kappa shape index (κ1) is 19.8. The number of amides is 1. The third kappa shape index (κ3) is 4.75. The molecule has 0 bridgehead atoms. The molecule has 1 saturated heterocycles. The molecule has 2 atom stereocenters. The van der Waals surface area contributed by atoms with E-state index in [0.29, 0.717) is 25.2 Å². The van der Waals surface area contributed by atoms with E-state index in [4.69, 9.17) is 0 Å². The largest absolute Gasteiger partial charge is 0.391 e. The second-order valence-electron chi connectivity index (χ2n) is 6.49. The van der Waals surface area contributed by atoms with E-state index >= 15 is 0 Å². The molecule has 1 aromatic carbocycles. The van der Waals surface area contributed by atoms with Gasteiger partial charge < -0.3 is 10.0 Å². The summed E-state index contributed by atoms with van der Waals surface area (Å²) in [6.07, 6.45) is -0.363. The summed E-state index contributed by atoms with van der Waals surface area (Å²) >= 11 is 0. The van der Waals surface area contributed by atoms with Gasteiger partial charge in [-0.15, -0.1) is 0 Å². The van der Waals surface area contributed by atoms with Crippen LogP contribution in [-0.2, 0) is 21.4 Å². The predicted octanol–water partition coefficient (Wildman–Crippen LogP) is 0.00480. The van der Waals surface area contributed by atoms with E-state index in [1.165, 1.54) is 24.1 Å². The summed E-state index contributed by atoms with van der Waals surface area (Å²) < 4.78 is 39.6. The molecule has 140 valence electrons. The zero-order valence-corrected chi connectivity index (χ0v) is 15.4. The van der Waals surface area contributed by atoms with E-state index in [0.717, 1.165) is 6.07 Å². The Labute approximate surface area is 147 Å². The molecule has 0 spiro atoms. The highest BCUT2D eigenvalue weighted by Gasteiger charge is 2.33. The molecule has 9 heteroatoms. The summed E-state index contributed by atoms with van der Waals surface area (Å²) in [6.45, 7) is 1.28. The van der Waals surface area contributed by atoms with Gasteiger partial charge in [0.1, 0.15) is 10.7 Å². The van der Waals surface area contributed by atoms with Crippen molar-refractivity contribution in [1.82, 2.24) is 14.5 Å². The highest BCUT2D eigenvalue weighted by molar-refractivity contribution is 7.89. The van der Waals surface area contributed by atoms with E-state index < -0.39 is 26.8 Å². The zero-order chi connectivity index (χ0) is 18.8. The molecule has 2 N–H and O–H groups in total. The molecule has 0 aliphatic carbocycles. The minimum absolute atomic E-state index is 0.0462. The first-order chi connectivity index (χ1) is 11.6. The standard InChI is InChI=1S/C16H24FN3O4S/c1-18-25(23,24)15-6-11(4-5-13(15)17)8-20-9-12(14(21)10-20)7-16(22)19(2)3/h4-6,12,14,18,21H,7-10H2,1-3H3/t12-,14-/m1/s1. The highest BCUT2D eigenvalue weighted by atomic mass is 32.2. The highest BCUT2D eigenvalue weighted by Crippen LogP contribution is 2.24. The fourth-order valence-electron chi connectivity index (χ4n) is 2.90. The Morgan fingerprint density at radius 3 is 2.68 bits per heavy atom. The van der Waals surface area contributed by atoms with Gasteiger partial charge in [-0.1, -0.05) is 6.07 Å². The minimum atomic E-state index is -3.88. The number of rotatable bonds is 6. The number of benzene rings is 1. The molecule has 0 saturated carbocycles. The molecule has 0 radical (unpaired) electrons. The number of carbonyl (C=O) groups excluding carboxylic acids is 1. The number of sulfonamides is 1. The topological polar surface area (TPSA) is 90.0 Å². The molecule has 7 nitrogen and oxygen atoms in total. The zero-order valence-electron chi connectivity index (χ0n) is 14.6. The Bertz CT molecular complexity index is 739. The first-order valence-corrected chi connectivity index (χ1v) is 9.45. The van der Waals surface area contributed by atoms with Crippen LogP contribution >= 0.6 is 0 Å². The van der Waals surface area contributed by atoms with E-state index in [2.05, 4.69) is 4.72 Å². The Kier molecular flexibility index (Phi) is 6.15. The van der Waals surface area contributed by atoms with E-state index in [1.54, 1.807) is 14.1 Å². The van der Waals surface area contributed by atoms with Crippen molar-refractivity contribution in [2.75, 3.05) is 34.2 Å². The fourth-order valence-corrected chi connectivity index (χ4v) is 3.75. The number of carbonyl (C=O) groups is 1. The summed E-state index contributed by atoms with van der Waals surface area (Å²) in [4.78, 5) is 14.8. The van der Waals surface area contributed by atoms with Crippen molar-refractivity contribution in [3.05, 3.63) is 29.6 Å². The van der Waals surface area contributed by atoms with Gasteiger partial charge in [0.25, 0.3) is 0 Å². The van der Waals surface area contributed by atoms with Crippen molar-refractivity contribution >= 4 is 15.9 Å². The first-order valence-electron chi connectivity index (χ1n) is 7.96. The van der Waals surface area contributed by atoms with Gasteiger partial charge in [0.15, 0.2) is 0 Å². The van der Waals surface area contributed by atoms with Crippen LogP contribution in [-0.4, -0.2) is 69.6 Å². The Hall–Kier alpha value is -1.55. The third-order valence-electron chi connectivity index (χ3n) is 4.38. The maximum Gasteiger partial charge on any atom is 0.243 e. The molecule has 25 heavy (non-hydrogen) atoms. The lowest BCUT2D eigenvalue weighted by atomic mass is 10.0. The van der Waals surface area contributed by atoms with E-state index in [9.17, 15) is 22.7 Å². The molecule has 0 aromatic heterocycles. The quantitative estimate of drug-likeness (QED) is 0.733. The van der Waals surface area contributed by atoms with Gasteiger partial charge in [0, 0.05) is 46.1 Å². The Morgan fingerprint density at radius 2 is 2.08 bits per heavy atom. The number of hydrogen-bond donors (Lipinski definition) is 2. The maximum absolute atomic E-state index is 13.8. The maximum atomic E-state index is 13.8. The number of aliphatic hydroxyl groups excluding tert-OH is 1. The lowest BCUT2D eigenvalue weighted by Crippen LogP contribution is -2.28. The van der Waals surface area contributed by atoms with Crippen LogP contribution in [0, 0.1) is 11.7 Å². The Balaban J connectivity index is 2.08. The number of hydrogen-bond acceptors (Lipinski definition) is 5. The molecule has 1 aliphatic rings. The number of nitrogens with one attached hydrogen (secondary N) is 1. The van der Waals surface area contributed by atoms with Crippen LogP contribution in [0.4, 0.5) is 4.39 Å². The average molecular weight is 373 g/mol. The van der Waals surface area contributed by atoms with Crippen molar-refractivity contribution in [2.45, 2.75) is 24.0 Å². The van der Waals surface area contributed by atoms with Gasteiger partial charge in [0.05, 0.1) is 6.10 Å². The van der Waals surface area contributed by atoms with Crippen molar-refractivity contribution in [3.8, 4) is 0 Å². The summed E-state index contributed by atoms with van der Waals surface area (Å²) in [5.41, 5.74) is 0.627. The molecule has 1 aliphatic heterocycles. The summed E-state index contributed by atoms with van der Waals surface area (Å²) in [6, 6.07) is 3.94. The molecule has 1 heterocycles. The van der Waals surface area contributed by atoms with Crippen LogP contribution in [0.15, 0.2) is 23.1 Å². The van der Waals surface area contributed by atoms with Crippen molar-refractivity contribution in [3.63, 3.8) is 0 Å². The van der Waals surface area contributed by atoms with Crippen LogP contribution < -0.4 is 4.72 Å². The molecular formula is C16H24FN3O4S. The number of nitrogens with zero attached hydrogens (tertiary/aromatic N) is 2. The molecule has 1 amide bonds. The second kappa shape index (κ2) is 7.77. The normalized spacial score (nSPS) is 21.5. The van der Waals surface area contributed by atoms with Crippen LogP contribution in [0.5, 0.6) is 0 Å². The van der Waals surface area contributed by atoms with Gasteiger partial charge in [-0.3, -0.25) is 9.69 Å². The fraction of sp³-hybridized carbons (Fsp3) is 0.562. The number of halogens is 1. The smallest absolute Gasteiger partial charge is 0.243 e. The second-order valence-corrected chi connectivity index (χ2v) is 8.34. The molecular weight excluding hydrogens is 349 g/mol. The monoisotopic (exact) mass is 373 g/mol. The van der Waals surface area contributed by atoms with Crippen LogP contribution in [0.1, 0.15) is 12.0 Å². The lowest BCUT2D eigenvalue weighted by molar-refractivity contribution is -0.130. The SMILES string of the molecule is CNS(=O)(=O)c1cc(CN2C[C@@H](CC(=O)N(C)C)[C@H](O)C2)ccc1F. The predicted molar refractivity (Wildman–Crippen MR) is 90.7 cm³/mol. The van der Waals surface area contributed by atoms with Gasteiger partial charge in [0.2, 0.25) is 15.9 Å². The molecule has 1 fully saturated rings. The molecule has 2 rings (SSSR count). The van der Waals surface area contributed by atoms with E-state index in [-0.39, 0.29) is 18.2 Å². The number of likely N-dealkylation sites (tertiary alicyclic amines) is 1.